The van der Waals surface area contributed by atoms with E-state index in [9.17, 15) is 0 Å². The van der Waals surface area contributed by atoms with Crippen LogP contribution in [-0.2, 0) is 0 Å². The Morgan fingerprint density at radius 2 is 2.00 bits per heavy atom. The highest BCUT2D eigenvalue weighted by atomic mass is 16.5. The van der Waals surface area contributed by atoms with Crippen molar-refractivity contribution in [1.82, 2.24) is 15.0 Å². The molecule has 0 bridgehead atoms. The molecule has 0 atom stereocenters. The van der Waals surface area contributed by atoms with Gasteiger partial charge in [-0.05, 0) is 6.07 Å². The fraction of sp³-hybridized carbons (Fsp3) is 0. The van der Waals surface area contributed by atoms with Crippen LogP contribution in [0.25, 0.3) is 0 Å². The molecule has 0 fully saturated rings. The molecule has 70 valence electrons. The van der Waals surface area contributed by atoms with Crippen molar-refractivity contribution in [2.75, 3.05) is 5.73 Å². The number of nitrogens with zero attached hydrogens (tertiary/aromatic N) is 3. The van der Waals surface area contributed by atoms with Crippen LogP contribution in [0.4, 0.5) is 5.69 Å². The van der Waals surface area contributed by atoms with Crippen LogP contribution < -0.4 is 10.5 Å². The maximum absolute atomic E-state index is 5.56. The fourth-order valence-electron chi connectivity index (χ4n) is 0.939. The molecule has 2 aromatic rings. The molecule has 14 heavy (non-hydrogen) atoms. The van der Waals surface area contributed by atoms with Gasteiger partial charge in [-0.3, -0.25) is 0 Å². The third kappa shape index (κ3) is 1.95. The highest BCUT2D eigenvalue weighted by Crippen LogP contribution is 2.18. The van der Waals surface area contributed by atoms with Crippen LogP contribution >= 0.6 is 0 Å². The maximum Gasteiger partial charge on any atom is 0.221 e. The summed E-state index contributed by atoms with van der Waals surface area (Å²) in [7, 11) is 0. The molecule has 0 aromatic carbocycles. The smallest absolute Gasteiger partial charge is 0.221 e. The molecule has 0 saturated heterocycles. The van der Waals surface area contributed by atoms with Gasteiger partial charge in [-0.2, -0.15) is 0 Å². The molecule has 0 amide bonds. The predicted molar refractivity (Wildman–Crippen MR) is 50.8 cm³/mol. The van der Waals surface area contributed by atoms with Gasteiger partial charge < -0.3 is 10.5 Å². The number of nitrogens with two attached hydrogens (primary N) is 1. The number of anilines is 1. The number of ether oxygens (including phenoxy) is 1. The Morgan fingerprint density at radius 3 is 2.71 bits per heavy atom. The molecular formula is C9H8N4O. The number of rotatable bonds is 2. The van der Waals surface area contributed by atoms with Gasteiger partial charge >= 0.3 is 0 Å². The summed E-state index contributed by atoms with van der Waals surface area (Å²) >= 11 is 0. The van der Waals surface area contributed by atoms with Crippen LogP contribution in [0, 0.1) is 0 Å². The number of aromatic nitrogens is 3. The quantitative estimate of drug-likeness (QED) is 0.767. The summed E-state index contributed by atoms with van der Waals surface area (Å²) < 4.78 is 5.34. The first-order valence-electron chi connectivity index (χ1n) is 3.99. The minimum atomic E-state index is 0.430. The Kier molecular flexibility index (Phi) is 2.22. The van der Waals surface area contributed by atoms with Crippen LogP contribution in [0.2, 0.25) is 0 Å². The molecule has 2 aromatic heterocycles. The highest BCUT2D eigenvalue weighted by molar-refractivity contribution is 5.40. The van der Waals surface area contributed by atoms with E-state index >= 15 is 0 Å². The van der Waals surface area contributed by atoms with E-state index in [1.165, 1.54) is 6.33 Å². The average Bonchev–Trinajstić information content (AvgIpc) is 2.19. The van der Waals surface area contributed by atoms with Gasteiger partial charge in [-0.15, -0.1) is 0 Å². The van der Waals surface area contributed by atoms with E-state index in [4.69, 9.17) is 10.5 Å². The lowest BCUT2D eigenvalue weighted by molar-refractivity contribution is 0.458. The zero-order chi connectivity index (χ0) is 9.80. The molecule has 2 rings (SSSR count). The molecule has 2 N–H and O–H groups in total. The summed E-state index contributed by atoms with van der Waals surface area (Å²) in [4.78, 5) is 11.6. The largest absolute Gasteiger partial charge is 0.436 e. The molecule has 2 heterocycles. The van der Waals surface area contributed by atoms with E-state index < -0.39 is 0 Å². The Labute approximate surface area is 80.6 Å². The lowest BCUT2D eigenvalue weighted by Crippen LogP contribution is -1.91. The van der Waals surface area contributed by atoms with Gasteiger partial charge in [0.25, 0.3) is 0 Å². The minimum absolute atomic E-state index is 0.430. The minimum Gasteiger partial charge on any atom is -0.436 e. The van der Waals surface area contributed by atoms with Crippen molar-refractivity contribution in [3.8, 4) is 11.6 Å². The average molecular weight is 188 g/mol. The number of nitrogen functional groups attached to an aromatic ring is 1. The topological polar surface area (TPSA) is 73.9 Å². The summed E-state index contributed by atoms with van der Waals surface area (Å²) in [5, 5.41) is 0. The Morgan fingerprint density at radius 1 is 1.21 bits per heavy atom. The van der Waals surface area contributed by atoms with Gasteiger partial charge in [0, 0.05) is 18.0 Å². The van der Waals surface area contributed by atoms with Crippen LogP contribution in [0.3, 0.4) is 0 Å². The first-order chi connectivity index (χ1) is 6.84. The molecule has 0 radical (unpaired) electrons. The Bertz CT molecular complexity index is 418. The summed E-state index contributed by atoms with van der Waals surface area (Å²) in [6.07, 6.45) is 6.11. The van der Waals surface area contributed by atoms with Gasteiger partial charge in [-0.1, -0.05) is 0 Å². The molecule has 0 unspecified atom stereocenters. The van der Waals surface area contributed by atoms with Gasteiger partial charge in [0.1, 0.15) is 6.33 Å². The summed E-state index contributed by atoms with van der Waals surface area (Å²) in [5.74, 6) is 0.963. The first-order valence-corrected chi connectivity index (χ1v) is 3.99. The molecule has 0 aliphatic carbocycles. The van der Waals surface area contributed by atoms with Gasteiger partial charge in [0.05, 0.1) is 12.4 Å². The lowest BCUT2D eigenvalue weighted by atomic mass is 10.4. The molecule has 5 heteroatoms. The van der Waals surface area contributed by atoms with E-state index in [1.807, 2.05) is 0 Å². The number of hydrogen-bond donors (Lipinski definition) is 1. The van der Waals surface area contributed by atoms with Crippen LogP contribution in [0.15, 0.2) is 37.1 Å². The normalized spacial score (nSPS) is 9.71. The Balaban J connectivity index is 2.19. The number of pyridine rings is 1. The third-order valence-corrected chi connectivity index (χ3v) is 1.52. The van der Waals surface area contributed by atoms with Crippen molar-refractivity contribution in [2.24, 2.45) is 0 Å². The van der Waals surface area contributed by atoms with Gasteiger partial charge in [0.2, 0.25) is 5.88 Å². The van der Waals surface area contributed by atoms with Crippen molar-refractivity contribution in [1.29, 1.82) is 0 Å². The zero-order valence-electron chi connectivity index (χ0n) is 7.29. The molecule has 0 spiro atoms. The number of hydrogen-bond acceptors (Lipinski definition) is 5. The molecule has 0 aliphatic heterocycles. The van der Waals surface area contributed by atoms with Gasteiger partial charge in [0.15, 0.2) is 5.75 Å². The molecule has 0 aliphatic rings. The van der Waals surface area contributed by atoms with Crippen LogP contribution in [0.5, 0.6) is 11.6 Å². The van der Waals surface area contributed by atoms with Crippen molar-refractivity contribution < 1.29 is 4.74 Å². The van der Waals surface area contributed by atoms with Crippen molar-refractivity contribution in [2.45, 2.75) is 0 Å². The lowest BCUT2D eigenvalue weighted by Gasteiger charge is -2.02. The van der Waals surface area contributed by atoms with E-state index in [2.05, 4.69) is 15.0 Å². The second-order valence-corrected chi connectivity index (χ2v) is 2.60. The SMILES string of the molecule is Nc1ccnc(Oc2cncnc2)c1. The second-order valence-electron chi connectivity index (χ2n) is 2.60. The van der Waals surface area contributed by atoms with Crippen molar-refractivity contribution >= 4 is 5.69 Å². The van der Waals surface area contributed by atoms with E-state index in [-0.39, 0.29) is 0 Å². The highest BCUT2D eigenvalue weighted by Gasteiger charge is 1.98. The molecular weight excluding hydrogens is 180 g/mol. The Hall–Kier alpha value is -2.17. The van der Waals surface area contributed by atoms with Crippen LogP contribution in [-0.4, -0.2) is 15.0 Å². The maximum atomic E-state index is 5.56. The van der Waals surface area contributed by atoms with E-state index in [0.717, 1.165) is 0 Å². The summed E-state index contributed by atoms with van der Waals surface area (Å²) in [5.41, 5.74) is 6.16. The van der Waals surface area contributed by atoms with Crippen molar-refractivity contribution in [3.05, 3.63) is 37.1 Å². The molecule has 5 nitrogen and oxygen atoms in total. The summed E-state index contributed by atoms with van der Waals surface area (Å²) in [6, 6.07) is 3.32. The fourth-order valence-corrected chi connectivity index (χ4v) is 0.939. The summed E-state index contributed by atoms with van der Waals surface area (Å²) in [6.45, 7) is 0. The van der Waals surface area contributed by atoms with Crippen LogP contribution in [0.1, 0.15) is 0 Å². The van der Waals surface area contributed by atoms with E-state index in [0.29, 0.717) is 17.3 Å². The van der Waals surface area contributed by atoms with Gasteiger partial charge in [-0.25, -0.2) is 15.0 Å². The zero-order valence-corrected chi connectivity index (χ0v) is 7.29. The first kappa shape index (κ1) is 8.43. The molecule has 0 saturated carbocycles. The predicted octanol–water partition coefficient (Wildman–Crippen LogP) is 1.25. The standard InChI is InChI=1S/C9H8N4O/c10-7-1-2-13-9(3-7)14-8-4-11-6-12-5-8/h1-6H,(H2,10,13). The monoisotopic (exact) mass is 188 g/mol. The third-order valence-electron chi connectivity index (χ3n) is 1.52. The van der Waals surface area contributed by atoms with E-state index in [1.54, 1.807) is 30.7 Å². The van der Waals surface area contributed by atoms with Crippen molar-refractivity contribution in [3.63, 3.8) is 0 Å². The second kappa shape index (κ2) is 3.69.